The van der Waals surface area contributed by atoms with Crippen LogP contribution in [0.15, 0.2) is 48.5 Å². The third kappa shape index (κ3) is 6.03. The number of nitrogens with one attached hydrogen (secondary N) is 2. The van der Waals surface area contributed by atoms with Crippen LogP contribution in [0, 0.1) is 0 Å². The minimum Gasteiger partial charge on any atom is -0.497 e. The van der Waals surface area contributed by atoms with Gasteiger partial charge in [0.1, 0.15) is 11.8 Å². The van der Waals surface area contributed by atoms with E-state index in [-0.39, 0.29) is 11.8 Å². The number of rotatable bonds is 7. The Morgan fingerprint density at radius 2 is 1.82 bits per heavy atom. The maximum absolute atomic E-state index is 12.5. The number of nitrogens with zero attached hydrogens (tertiary/aromatic N) is 1. The minimum atomic E-state index is -0.720. The van der Waals surface area contributed by atoms with Crippen LogP contribution in [-0.4, -0.2) is 39.1 Å². The van der Waals surface area contributed by atoms with Gasteiger partial charge in [0.05, 0.1) is 18.5 Å². The van der Waals surface area contributed by atoms with Crippen molar-refractivity contribution in [3.05, 3.63) is 59.1 Å². The summed E-state index contributed by atoms with van der Waals surface area (Å²) in [6.45, 7) is 1.62. The van der Waals surface area contributed by atoms with E-state index in [1.165, 1.54) is 6.08 Å². The van der Waals surface area contributed by atoms with Gasteiger partial charge in [-0.25, -0.2) is 0 Å². The minimum absolute atomic E-state index is 0.337. The van der Waals surface area contributed by atoms with Crippen molar-refractivity contribution in [3.63, 3.8) is 0 Å². The van der Waals surface area contributed by atoms with E-state index < -0.39 is 6.04 Å². The van der Waals surface area contributed by atoms with Crippen molar-refractivity contribution in [3.8, 4) is 5.75 Å². The molecule has 1 unspecified atom stereocenters. The molecular formula is C21H24ClN3O3. The molecule has 148 valence electrons. The molecule has 0 saturated heterocycles. The second-order valence-electron chi connectivity index (χ2n) is 6.38. The zero-order valence-corrected chi connectivity index (χ0v) is 17.1. The summed E-state index contributed by atoms with van der Waals surface area (Å²) in [5, 5.41) is 5.97. The van der Waals surface area contributed by atoms with E-state index in [0.717, 1.165) is 17.0 Å². The van der Waals surface area contributed by atoms with E-state index in [2.05, 4.69) is 10.6 Å². The van der Waals surface area contributed by atoms with E-state index in [9.17, 15) is 9.59 Å². The fourth-order valence-corrected chi connectivity index (χ4v) is 2.63. The number of methoxy groups -OCH3 is 1. The highest BCUT2D eigenvalue weighted by atomic mass is 35.5. The number of ether oxygens (including phenoxy) is 1. The van der Waals surface area contributed by atoms with Gasteiger partial charge in [-0.2, -0.15) is 0 Å². The van der Waals surface area contributed by atoms with Gasteiger partial charge in [-0.1, -0.05) is 23.7 Å². The molecule has 2 N–H and O–H groups in total. The molecule has 0 saturated carbocycles. The Kier molecular flexibility index (Phi) is 7.46. The Labute approximate surface area is 170 Å². The van der Waals surface area contributed by atoms with Crippen molar-refractivity contribution in [2.75, 3.05) is 31.4 Å². The molecule has 0 aliphatic rings. The summed E-state index contributed by atoms with van der Waals surface area (Å²) in [6, 6.07) is 11.8. The zero-order valence-electron chi connectivity index (χ0n) is 16.3. The van der Waals surface area contributed by atoms with Gasteiger partial charge >= 0.3 is 0 Å². The summed E-state index contributed by atoms with van der Waals surface area (Å²) in [5.41, 5.74) is 2.25. The number of amides is 2. The highest BCUT2D eigenvalue weighted by Gasteiger charge is 2.16. The van der Waals surface area contributed by atoms with Gasteiger partial charge in [-0.3, -0.25) is 9.59 Å². The first-order chi connectivity index (χ1) is 13.3. The maximum atomic E-state index is 12.5. The predicted octanol–water partition coefficient (Wildman–Crippen LogP) is 3.57. The molecule has 0 spiro atoms. The smallest absolute Gasteiger partial charge is 0.246 e. The normalized spacial score (nSPS) is 11.8. The molecule has 0 aromatic heterocycles. The number of hydrogen-bond donors (Lipinski definition) is 2. The number of benzene rings is 2. The predicted molar refractivity (Wildman–Crippen MR) is 114 cm³/mol. The average molecular weight is 402 g/mol. The third-order valence-corrected chi connectivity index (χ3v) is 4.23. The topological polar surface area (TPSA) is 70.7 Å². The molecule has 2 aromatic carbocycles. The van der Waals surface area contributed by atoms with E-state index in [0.29, 0.717) is 10.7 Å². The van der Waals surface area contributed by atoms with E-state index >= 15 is 0 Å². The second kappa shape index (κ2) is 9.80. The fourth-order valence-electron chi connectivity index (χ4n) is 2.45. The Morgan fingerprint density at radius 1 is 1.14 bits per heavy atom. The molecule has 7 heteroatoms. The van der Waals surface area contributed by atoms with Crippen molar-refractivity contribution in [2.45, 2.75) is 13.0 Å². The van der Waals surface area contributed by atoms with Crippen LogP contribution in [0.1, 0.15) is 12.5 Å². The number of halogens is 1. The van der Waals surface area contributed by atoms with Crippen LogP contribution in [0.3, 0.4) is 0 Å². The number of hydrogen-bond acceptors (Lipinski definition) is 4. The quantitative estimate of drug-likeness (QED) is 0.696. The first-order valence-corrected chi connectivity index (χ1v) is 9.08. The van der Waals surface area contributed by atoms with Crippen LogP contribution in [0.25, 0.3) is 6.08 Å². The Bertz CT molecular complexity index is 864. The zero-order chi connectivity index (χ0) is 20.7. The number of carbonyl (C=O) groups excluding carboxylic acids is 2. The second-order valence-corrected chi connectivity index (χ2v) is 6.82. The number of carbonyl (C=O) groups is 2. The molecule has 6 nitrogen and oxygen atoms in total. The largest absolute Gasteiger partial charge is 0.497 e. The van der Waals surface area contributed by atoms with Crippen molar-refractivity contribution in [2.24, 2.45) is 0 Å². The summed E-state index contributed by atoms with van der Waals surface area (Å²) < 4.78 is 5.09. The summed E-state index contributed by atoms with van der Waals surface area (Å²) in [4.78, 5) is 26.4. The Balaban J connectivity index is 1.97. The molecule has 2 aromatic rings. The van der Waals surface area contributed by atoms with Gasteiger partial charge < -0.3 is 20.3 Å². The molecular weight excluding hydrogens is 378 g/mol. The summed E-state index contributed by atoms with van der Waals surface area (Å²) >= 11 is 6.03. The lowest BCUT2D eigenvalue weighted by atomic mass is 10.2. The van der Waals surface area contributed by atoms with Crippen LogP contribution in [0.2, 0.25) is 5.02 Å². The Morgan fingerprint density at radius 3 is 2.43 bits per heavy atom. The molecule has 2 amide bonds. The molecule has 28 heavy (non-hydrogen) atoms. The average Bonchev–Trinajstić information content (AvgIpc) is 2.66. The van der Waals surface area contributed by atoms with Crippen LogP contribution < -0.4 is 20.3 Å². The van der Waals surface area contributed by atoms with Gasteiger partial charge in [0.15, 0.2) is 0 Å². The molecule has 0 aliphatic heterocycles. The summed E-state index contributed by atoms with van der Waals surface area (Å²) in [7, 11) is 5.33. The van der Waals surface area contributed by atoms with Crippen LogP contribution in [0.5, 0.6) is 5.75 Å². The van der Waals surface area contributed by atoms with Crippen molar-refractivity contribution < 1.29 is 14.3 Å². The summed E-state index contributed by atoms with van der Waals surface area (Å²) in [5.74, 6) is 0.0407. The molecule has 2 rings (SSSR count). The highest BCUT2D eigenvalue weighted by Crippen LogP contribution is 2.27. The standard InChI is InChI=1S/C21H24ClN3O3/c1-14(21(27)24-18-13-16(22)8-11-19(18)25(2)3)23-20(26)12-7-15-5-9-17(28-4)10-6-15/h5-14H,1-4H3,(H,23,26)(H,24,27)/b12-7+. The van der Waals surface area contributed by atoms with Gasteiger partial charge in [-0.15, -0.1) is 0 Å². The lowest BCUT2D eigenvalue weighted by Gasteiger charge is -2.20. The lowest BCUT2D eigenvalue weighted by molar-refractivity contribution is -0.123. The van der Waals surface area contributed by atoms with E-state index in [1.807, 2.05) is 37.2 Å². The number of anilines is 2. The summed E-state index contributed by atoms with van der Waals surface area (Å²) in [6.07, 6.45) is 3.05. The molecule has 0 radical (unpaired) electrons. The SMILES string of the molecule is COc1ccc(/C=C/C(=O)NC(C)C(=O)Nc2cc(Cl)ccc2N(C)C)cc1. The van der Waals surface area contributed by atoms with Crippen molar-refractivity contribution in [1.82, 2.24) is 5.32 Å². The lowest BCUT2D eigenvalue weighted by Crippen LogP contribution is -2.41. The highest BCUT2D eigenvalue weighted by molar-refractivity contribution is 6.31. The first kappa shape index (κ1) is 21.3. The van der Waals surface area contributed by atoms with Crippen LogP contribution >= 0.6 is 11.6 Å². The maximum Gasteiger partial charge on any atom is 0.246 e. The molecule has 0 bridgehead atoms. The van der Waals surface area contributed by atoms with Gasteiger partial charge in [0.25, 0.3) is 0 Å². The molecule has 1 atom stereocenters. The van der Waals surface area contributed by atoms with Crippen LogP contribution in [0.4, 0.5) is 11.4 Å². The Hall–Kier alpha value is -2.99. The van der Waals surface area contributed by atoms with Gasteiger partial charge in [0, 0.05) is 25.2 Å². The van der Waals surface area contributed by atoms with Gasteiger partial charge in [-0.05, 0) is 48.9 Å². The van der Waals surface area contributed by atoms with E-state index in [4.69, 9.17) is 16.3 Å². The van der Waals surface area contributed by atoms with E-state index in [1.54, 1.807) is 44.4 Å². The van der Waals surface area contributed by atoms with Gasteiger partial charge in [0.2, 0.25) is 11.8 Å². The molecule has 0 aliphatic carbocycles. The van der Waals surface area contributed by atoms with Crippen LogP contribution in [-0.2, 0) is 9.59 Å². The van der Waals surface area contributed by atoms with Crippen molar-refractivity contribution >= 4 is 40.9 Å². The van der Waals surface area contributed by atoms with Crippen molar-refractivity contribution in [1.29, 1.82) is 0 Å². The third-order valence-electron chi connectivity index (χ3n) is 3.99. The molecule has 0 fully saturated rings. The fraction of sp³-hybridized carbons (Fsp3) is 0.238. The molecule has 0 heterocycles. The monoisotopic (exact) mass is 401 g/mol. The first-order valence-electron chi connectivity index (χ1n) is 8.70.